The Morgan fingerprint density at radius 2 is 2.47 bits per heavy atom. The minimum Gasteiger partial charge on any atom is -0.319 e. The van der Waals surface area contributed by atoms with Crippen LogP contribution in [0.5, 0.6) is 0 Å². The summed E-state index contributed by atoms with van der Waals surface area (Å²) in [5.74, 6) is 0.844. The predicted molar refractivity (Wildman–Crippen MR) is 73.6 cm³/mol. The lowest BCUT2D eigenvalue weighted by Gasteiger charge is -2.32. The molecule has 0 aliphatic carbocycles. The zero-order valence-electron chi connectivity index (χ0n) is 10.9. The number of likely N-dealkylation sites (tertiary alicyclic amines) is 1. The van der Waals surface area contributed by atoms with E-state index in [1.54, 1.807) is 11.3 Å². The largest absolute Gasteiger partial charge is 0.319 e. The van der Waals surface area contributed by atoms with Crippen LogP contribution in [0, 0.1) is 12.8 Å². The van der Waals surface area contributed by atoms with Crippen LogP contribution < -0.4 is 5.32 Å². The van der Waals surface area contributed by atoms with E-state index in [9.17, 15) is 0 Å². The molecular formula is C13H23N3S. The quantitative estimate of drug-likeness (QED) is 0.869. The normalized spacial score (nSPS) is 21.9. The molecule has 1 aromatic heterocycles. The molecular weight excluding hydrogens is 230 g/mol. The molecule has 96 valence electrons. The molecule has 17 heavy (non-hydrogen) atoms. The van der Waals surface area contributed by atoms with Crippen LogP contribution in [-0.4, -0.2) is 43.1 Å². The van der Waals surface area contributed by atoms with Crippen LogP contribution in [0.25, 0.3) is 0 Å². The smallest absolute Gasteiger partial charge is 0.0797 e. The number of hydrogen-bond acceptors (Lipinski definition) is 4. The molecule has 1 atom stereocenters. The Labute approximate surface area is 108 Å². The lowest BCUT2D eigenvalue weighted by atomic mass is 9.98. The van der Waals surface area contributed by atoms with E-state index >= 15 is 0 Å². The van der Waals surface area contributed by atoms with E-state index in [1.807, 2.05) is 5.51 Å². The van der Waals surface area contributed by atoms with Gasteiger partial charge in [-0.1, -0.05) is 0 Å². The van der Waals surface area contributed by atoms with Crippen molar-refractivity contribution in [2.24, 2.45) is 5.92 Å². The first kappa shape index (κ1) is 13.0. The highest BCUT2D eigenvalue weighted by atomic mass is 32.1. The second-order valence-corrected chi connectivity index (χ2v) is 5.92. The fourth-order valence-electron chi connectivity index (χ4n) is 2.64. The maximum atomic E-state index is 4.31. The van der Waals surface area contributed by atoms with Crippen LogP contribution in [0.1, 0.15) is 23.4 Å². The van der Waals surface area contributed by atoms with E-state index in [0.717, 1.165) is 12.5 Å². The summed E-state index contributed by atoms with van der Waals surface area (Å²) >= 11 is 1.80. The maximum Gasteiger partial charge on any atom is 0.0797 e. The Kier molecular flexibility index (Phi) is 4.95. The second-order valence-electron chi connectivity index (χ2n) is 4.98. The second kappa shape index (κ2) is 6.47. The minimum absolute atomic E-state index is 0.844. The van der Waals surface area contributed by atoms with Gasteiger partial charge in [0.1, 0.15) is 0 Å². The van der Waals surface area contributed by atoms with E-state index < -0.39 is 0 Å². The van der Waals surface area contributed by atoms with E-state index in [1.165, 1.54) is 49.5 Å². The van der Waals surface area contributed by atoms with Gasteiger partial charge in [0.05, 0.1) is 11.2 Å². The molecule has 1 fully saturated rings. The minimum atomic E-state index is 0.844. The molecule has 0 radical (unpaired) electrons. The van der Waals surface area contributed by atoms with Crippen molar-refractivity contribution < 1.29 is 0 Å². The van der Waals surface area contributed by atoms with Gasteiger partial charge >= 0.3 is 0 Å². The lowest BCUT2D eigenvalue weighted by Crippen LogP contribution is -2.39. The number of nitrogens with one attached hydrogen (secondary N) is 1. The number of aromatic nitrogens is 1. The van der Waals surface area contributed by atoms with Crippen molar-refractivity contribution in [1.29, 1.82) is 0 Å². The third-order valence-electron chi connectivity index (χ3n) is 3.60. The SMILES string of the molecule is CNCC1CCCN(CCc2scnc2C)C1. The van der Waals surface area contributed by atoms with Crippen LogP contribution in [0.2, 0.25) is 0 Å². The fraction of sp³-hybridized carbons (Fsp3) is 0.769. The maximum absolute atomic E-state index is 4.31. The van der Waals surface area contributed by atoms with E-state index in [2.05, 4.69) is 29.2 Å². The molecule has 4 heteroatoms. The van der Waals surface area contributed by atoms with Gasteiger partial charge in [-0.25, -0.2) is 4.98 Å². The summed E-state index contributed by atoms with van der Waals surface area (Å²) in [4.78, 5) is 8.39. The standard InChI is InChI=1S/C13H23N3S/c1-11-13(17-10-15-11)5-7-16-6-3-4-12(9-16)8-14-2/h10,12,14H,3-9H2,1-2H3. The molecule has 0 amide bonds. The number of aryl methyl sites for hydroxylation is 1. The van der Waals surface area contributed by atoms with Crippen molar-refractivity contribution in [3.05, 3.63) is 16.1 Å². The summed E-state index contributed by atoms with van der Waals surface area (Å²) in [5.41, 5.74) is 3.18. The van der Waals surface area contributed by atoms with E-state index in [0.29, 0.717) is 0 Å². The Morgan fingerprint density at radius 3 is 3.18 bits per heavy atom. The highest BCUT2D eigenvalue weighted by Gasteiger charge is 2.19. The predicted octanol–water partition coefficient (Wildman–Crippen LogP) is 1.93. The van der Waals surface area contributed by atoms with Crippen molar-refractivity contribution in [2.45, 2.75) is 26.2 Å². The summed E-state index contributed by atoms with van der Waals surface area (Å²) in [7, 11) is 2.06. The summed E-state index contributed by atoms with van der Waals surface area (Å²) in [5, 5.41) is 3.30. The fourth-order valence-corrected chi connectivity index (χ4v) is 3.41. The molecule has 2 rings (SSSR count). The Bertz CT molecular complexity index is 335. The van der Waals surface area contributed by atoms with Crippen molar-refractivity contribution >= 4 is 11.3 Å². The van der Waals surface area contributed by atoms with Crippen LogP contribution in [0.15, 0.2) is 5.51 Å². The van der Waals surface area contributed by atoms with Crippen LogP contribution in [0.3, 0.4) is 0 Å². The van der Waals surface area contributed by atoms with Gasteiger partial charge in [0.15, 0.2) is 0 Å². The number of piperidine rings is 1. The molecule has 0 bridgehead atoms. The average Bonchev–Trinajstić information content (AvgIpc) is 2.73. The van der Waals surface area contributed by atoms with Gasteiger partial charge in [-0.05, 0) is 52.2 Å². The Balaban J connectivity index is 1.77. The first-order valence-corrected chi connectivity index (χ1v) is 7.43. The molecule has 0 spiro atoms. The molecule has 3 nitrogen and oxygen atoms in total. The number of nitrogens with zero attached hydrogens (tertiary/aromatic N) is 2. The van der Waals surface area contributed by atoms with Gasteiger partial charge in [-0.2, -0.15) is 0 Å². The lowest BCUT2D eigenvalue weighted by molar-refractivity contribution is 0.176. The van der Waals surface area contributed by atoms with Crippen molar-refractivity contribution in [3.8, 4) is 0 Å². The topological polar surface area (TPSA) is 28.2 Å². The van der Waals surface area contributed by atoms with Crippen molar-refractivity contribution in [2.75, 3.05) is 33.2 Å². The highest BCUT2D eigenvalue weighted by molar-refractivity contribution is 7.09. The molecule has 1 aliphatic rings. The van der Waals surface area contributed by atoms with Gasteiger partial charge < -0.3 is 10.2 Å². The van der Waals surface area contributed by atoms with Gasteiger partial charge in [0.25, 0.3) is 0 Å². The summed E-state index contributed by atoms with van der Waals surface area (Å²) in [6.45, 7) is 7.02. The first-order chi connectivity index (χ1) is 8.29. The number of rotatable bonds is 5. The molecule has 1 aliphatic heterocycles. The third kappa shape index (κ3) is 3.76. The molecule has 1 N–H and O–H groups in total. The summed E-state index contributed by atoms with van der Waals surface area (Å²) < 4.78 is 0. The number of thiazole rings is 1. The van der Waals surface area contributed by atoms with Gasteiger partial charge in [0.2, 0.25) is 0 Å². The molecule has 1 aromatic rings. The molecule has 0 aromatic carbocycles. The van der Waals surface area contributed by atoms with Crippen LogP contribution in [0.4, 0.5) is 0 Å². The number of hydrogen-bond donors (Lipinski definition) is 1. The Hall–Kier alpha value is -0.450. The van der Waals surface area contributed by atoms with Crippen molar-refractivity contribution in [3.63, 3.8) is 0 Å². The zero-order chi connectivity index (χ0) is 12.1. The van der Waals surface area contributed by atoms with Crippen molar-refractivity contribution in [1.82, 2.24) is 15.2 Å². The van der Waals surface area contributed by atoms with Gasteiger partial charge in [0, 0.05) is 18.0 Å². The van der Waals surface area contributed by atoms with Crippen LogP contribution >= 0.6 is 11.3 Å². The monoisotopic (exact) mass is 253 g/mol. The van der Waals surface area contributed by atoms with E-state index in [4.69, 9.17) is 0 Å². The summed E-state index contributed by atoms with van der Waals surface area (Å²) in [6, 6.07) is 0. The molecule has 1 unspecified atom stereocenters. The zero-order valence-corrected chi connectivity index (χ0v) is 11.7. The van der Waals surface area contributed by atoms with E-state index in [-0.39, 0.29) is 0 Å². The third-order valence-corrected chi connectivity index (χ3v) is 4.59. The molecule has 0 saturated carbocycles. The molecule has 1 saturated heterocycles. The van der Waals surface area contributed by atoms with Gasteiger partial charge in [-0.15, -0.1) is 11.3 Å². The molecule has 2 heterocycles. The van der Waals surface area contributed by atoms with Gasteiger partial charge in [-0.3, -0.25) is 0 Å². The van der Waals surface area contributed by atoms with Crippen LogP contribution in [-0.2, 0) is 6.42 Å². The average molecular weight is 253 g/mol. The first-order valence-electron chi connectivity index (χ1n) is 6.55. The Morgan fingerprint density at radius 1 is 1.59 bits per heavy atom. The summed E-state index contributed by atoms with van der Waals surface area (Å²) in [6.07, 6.45) is 3.91. The highest BCUT2D eigenvalue weighted by Crippen LogP contribution is 2.18.